The van der Waals surface area contributed by atoms with E-state index in [1.807, 2.05) is 0 Å². The molecule has 0 aliphatic carbocycles. The number of halogens is 3. The minimum Gasteiger partial charge on any atom is -0.464 e. The van der Waals surface area contributed by atoms with Gasteiger partial charge in [-0.25, -0.2) is 9.78 Å². The molecule has 0 unspecified atom stereocenters. The maximum Gasteiger partial charge on any atom is 0.405 e. The van der Waals surface area contributed by atoms with Crippen molar-refractivity contribution in [1.29, 1.82) is 0 Å². The summed E-state index contributed by atoms with van der Waals surface area (Å²) in [6.07, 6.45) is -4.56. The summed E-state index contributed by atoms with van der Waals surface area (Å²) in [5.74, 6) is -1.46. The molecular weight excluding hydrogens is 283 g/mol. The van der Waals surface area contributed by atoms with Crippen LogP contribution >= 0.6 is 0 Å². The molecular formula is C10H10F3N3O4. The standard InChI is InChI=1S/C10H10F3N3O4/c1-15(5-10(11,12)13)8-7(16(18)19)4-3-6(14-8)9(17)20-2/h3-4H,5H2,1-2H3. The molecule has 7 nitrogen and oxygen atoms in total. The van der Waals surface area contributed by atoms with Crippen LogP contribution in [0.25, 0.3) is 0 Å². The number of esters is 1. The van der Waals surface area contributed by atoms with Gasteiger partial charge in [0.15, 0.2) is 5.69 Å². The molecule has 0 radical (unpaired) electrons. The second-order valence-electron chi connectivity index (χ2n) is 3.76. The van der Waals surface area contributed by atoms with Gasteiger partial charge in [0.25, 0.3) is 0 Å². The molecule has 0 bridgehead atoms. The molecule has 1 aromatic heterocycles. The van der Waals surface area contributed by atoms with E-state index in [9.17, 15) is 28.1 Å². The fourth-order valence-corrected chi connectivity index (χ4v) is 1.43. The van der Waals surface area contributed by atoms with Gasteiger partial charge in [-0.05, 0) is 6.07 Å². The lowest BCUT2D eigenvalue weighted by Gasteiger charge is -2.19. The molecule has 0 aromatic carbocycles. The average molecular weight is 293 g/mol. The number of hydrogen-bond donors (Lipinski definition) is 0. The summed E-state index contributed by atoms with van der Waals surface area (Å²) in [5, 5.41) is 10.8. The summed E-state index contributed by atoms with van der Waals surface area (Å²) >= 11 is 0. The van der Waals surface area contributed by atoms with Crippen molar-refractivity contribution in [2.75, 3.05) is 25.6 Å². The molecule has 20 heavy (non-hydrogen) atoms. The van der Waals surface area contributed by atoms with Crippen LogP contribution < -0.4 is 4.90 Å². The molecule has 0 amide bonds. The van der Waals surface area contributed by atoms with Gasteiger partial charge in [-0.15, -0.1) is 0 Å². The average Bonchev–Trinajstić information content (AvgIpc) is 2.34. The van der Waals surface area contributed by atoms with Crippen molar-refractivity contribution >= 4 is 17.5 Å². The first-order valence-corrected chi connectivity index (χ1v) is 5.17. The van der Waals surface area contributed by atoms with Crippen LogP contribution in [-0.2, 0) is 4.74 Å². The molecule has 1 aromatic rings. The van der Waals surface area contributed by atoms with Gasteiger partial charge in [0, 0.05) is 13.1 Å². The first-order valence-electron chi connectivity index (χ1n) is 5.17. The number of carbonyl (C=O) groups is 1. The molecule has 0 atom stereocenters. The zero-order valence-electron chi connectivity index (χ0n) is 10.5. The van der Waals surface area contributed by atoms with Gasteiger partial charge in [0.1, 0.15) is 6.54 Å². The van der Waals surface area contributed by atoms with Crippen LogP contribution in [0.4, 0.5) is 24.7 Å². The maximum absolute atomic E-state index is 12.3. The molecule has 0 saturated heterocycles. The summed E-state index contributed by atoms with van der Waals surface area (Å²) in [7, 11) is 2.05. The van der Waals surface area contributed by atoms with Crippen LogP contribution in [0, 0.1) is 10.1 Å². The Hall–Kier alpha value is -2.39. The third kappa shape index (κ3) is 3.80. The van der Waals surface area contributed by atoms with Gasteiger partial charge in [-0.3, -0.25) is 10.1 Å². The largest absolute Gasteiger partial charge is 0.464 e. The lowest BCUT2D eigenvalue weighted by atomic mass is 10.3. The second-order valence-corrected chi connectivity index (χ2v) is 3.76. The summed E-state index contributed by atoms with van der Waals surface area (Å²) in [6.45, 7) is -1.44. The van der Waals surface area contributed by atoms with Crippen LogP contribution in [0.1, 0.15) is 10.5 Å². The van der Waals surface area contributed by atoms with E-state index in [0.29, 0.717) is 4.90 Å². The number of methoxy groups -OCH3 is 1. The van der Waals surface area contributed by atoms with Crippen LogP contribution in [0.3, 0.4) is 0 Å². The van der Waals surface area contributed by atoms with Crippen LogP contribution in [0.15, 0.2) is 12.1 Å². The summed E-state index contributed by atoms with van der Waals surface area (Å²) < 4.78 is 41.3. The smallest absolute Gasteiger partial charge is 0.405 e. The Kier molecular flexibility index (Phi) is 4.48. The van der Waals surface area contributed by atoms with E-state index in [4.69, 9.17) is 0 Å². The fourth-order valence-electron chi connectivity index (χ4n) is 1.43. The number of hydrogen-bond acceptors (Lipinski definition) is 6. The highest BCUT2D eigenvalue weighted by Gasteiger charge is 2.32. The summed E-state index contributed by atoms with van der Waals surface area (Å²) in [4.78, 5) is 25.3. The third-order valence-corrected chi connectivity index (χ3v) is 2.22. The highest BCUT2D eigenvalue weighted by atomic mass is 19.4. The van der Waals surface area contributed by atoms with Crippen molar-refractivity contribution in [2.24, 2.45) is 0 Å². The predicted molar refractivity (Wildman–Crippen MR) is 61.6 cm³/mol. The van der Waals surface area contributed by atoms with Gasteiger partial charge in [-0.2, -0.15) is 13.2 Å². The molecule has 0 saturated carbocycles. The minimum atomic E-state index is -4.56. The molecule has 0 fully saturated rings. The molecule has 0 spiro atoms. The van der Waals surface area contributed by atoms with Gasteiger partial charge in [0.05, 0.1) is 12.0 Å². The zero-order chi connectivity index (χ0) is 15.5. The normalized spacial score (nSPS) is 11.1. The van der Waals surface area contributed by atoms with Gasteiger partial charge in [0.2, 0.25) is 5.82 Å². The molecule has 0 aliphatic rings. The van der Waals surface area contributed by atoms with Crippen molar-refractivity contribution in [3.05, 3.63) is 27.9 Å². The highest BCUT2D eigenvalue weighted by Crippen LogP contribution is 2.28. The molecule has 0 N–H and O–H groups in total. The first-order chi connectivity index (χ1) is 9.15. The highest BCUT2D eigenvalue weighted by molar-refractivity contribution is 5.88. The van der Waals surface area contributed by atoms with E-state index in [2.05, 4.69) is 9.72 Å². The predicted octanol–water partition coefficient (Wildman–Crippen LogP) is 1.77. The van der Waals surface area contributed by atoms with E-state index < -0.39 is 35.1 Å². The van der Waals surface area contributed by atoms with E-state index in [1.54, 1.807) is 0 Å². The fraction of sp³-hybridized carbons (Fsp3) is 0.400. The van der Waals surface area contributed by atoms with E-state index in [1.165, 1.54) is 0 Å². The number of nitro groups is 1. The summed E-state index contributed by atoms with van der Waals surface area (Å²) in [6, 6.07) is 1.91. The number of ether oxygens (including phenoxy) is 1. The quantitative estimate of drug-likeness (QED) is 0.478. The van der Waals surface area contributed by atoms with Crippen molar-refractivity contribution in [3.63, 3.8) is 0 Å². The number of aromatic nitrogens is 1. The van der Waals surface area contributed by atoms with Gasteiger partial charge in [-0.1, -0.05) is 0 Å². The summed E-state index contributed by atoms with van der Waals surface area (Å²) in [5.41, 5.74) is -0.952. The Labute approximate surface area is 111 Å². The monoisotopic (exact) mass is 293 g/mol. The minimum absolute atomic E-state index is 0.317. The second kappa shape index (κ2) is 5.72. The Bertz CT molecular complexity index is 533. The maximum atomic E-state index is 12.3. The molecule has 0 aliphatic heterocycles. The van der Waals surface area contributed by atoms with E-state index in [0.717, 1.165) is 26.3 Å². The van der Waals surface area contributed by atoms with Gasteiger partial charge < -0.3 is 9.64 Å². The SMILES string of the molecule is COC(=O)c1ccc([N+](=O)[O-])c(N(C)CC(F)(F)F)n1. The van der Waals surface area contributed by atoms with E-state index in [-0.39, 0.29) is 5.69 Å². The lowest BCUT2D eigenvalue weighted by molar-refractivity contribution is -0.384. The third-order valence-electron chi connectivity index (χ3n) is 2.22. The molecule has 10 heteroatoms. The number of pyridine rings is 1. The van der Waals surface area contributed by atoms with Crippen molar-refractivity contribution in [3.8, 4) is 0 Å². The van der Waals surface area contributed by atoms with Crippen molar-refractivity contribution in [1.82, 2.24) is 4.98 Å². The van der Waals surface area contributed by atoms with E-state index >= 15 is 0 Å². The van der Waals surface area contributed by atoms with Crippen LogP contribution in [0.2, 0.25) is 0 Å². The Morgan fingerprint density at radius 3 is 2.55 bits per heavy atom. The first kappa shape index (κ1) is 15.7. The lowest BCUT2D eigenvalue weighted by Crippen LogP contribution is -2.32. The van der Waals surface area contributed by atoms with Crippen LogP contribution in [-0.4, -0.2) is 42.8 Å². The molecule has 1 rings (SSSR count). The van der Waals surface area contributed by atoms with Crippen LogP contribution in [0.5, 0.6) is 0 Å². The Morgan fingerprint density at radius 1 is 1.50 bits per heavy atom. The molecule has 1 heterocycles. The number of nitrogens with zero attached hydrogens (tertiary/aromatic N) is 3. The van der Waals surface area contributed by atoms with Gasteiger partial charge >= 0.3 is 17.8 Å². The number of alkyl halides is 3. The number of rotatable bonds is 4. The zero-order valence-corrected chi connectivity index (χ0v) is 10.5. The Balaban J connectivity index is 3.25. The molecule has 110 valence electrons. The topological polar surface area (TPSA) is 85.6 Å². The van der Waals surface area contributed by atoms with Crippen molar-refractivity contribution in [2.45, 2.75) is 6.18 Å². The number of carbonyl (C=O) groups excluding carboxylic acids is 1. The van der Waals surface area contributed by atoms with Crippen molar-refractivity contribution < 1.29 is 27.6 Å². The number of anilines is 1. The Morgan fingerprint density at radius 2 is 2.10 bits per heavy atom.